The van der Waals surface area contributed by atoms with E-state index in [1.807, 2.05) is 12.1 Å². The average Bonchev–Trinajstić information content (AvgIpc) is 2.59. The van der Waals surface area contributed by atoms with Gasteiger partial charge in [-0.1, -0.05) is 29.0 Å². The lowest BCUT2D eigenvalue weighted by Crippen LogP contribution is -2.27. The van der Waals surface area contributed by atoms with E-state index in [0.29, 0.717) is 0 Å². The predicted octanol–water partition coefficient (Wildman–Crippen LogP) is 2.75. The van der Waals surface area contributed by atoms with Crippen LogP contribution < -0.4 is 10.2 Å². The third-order valence-electron chi connectivity index (χ3n) is 2.97. The van der Waals surface area contributed by atoms with Crippen molar-refractivity contribution in [3.8, 4) is 0 Å². The lowest BCUT2D eigenvalue weighted by Gasteiger charge is -2.17. The van der Waals surface area contributed by atoms with Gasteiger partial charge >= 0.3 is 0 Å². The largest absolute Gasteiger partial charge is 0.347 e. The van der Waals surface area contributed by atoms with Crippen LogP contribution in [0, 0.1) is 0 Å². The Morgan fingerprint density at radius 1 is 1.29 bits per heavy atom. The number of nitrogens with one attached hydrogen (secondary N) is 1. The first-order valence-corrected chi connectivity index (χ1v) is 7.05. The molecule has 1 aliphatic heterocycles. The molecule has 0 unspecified atom stereocenters. The zero-order valence-electron chi connectivity index (χ0n) is 9.45. The Morgan fingerprint density at radius 2 is 2.24 bits per heavy atom. The minimum atomic E-state index is 0.748. The topological polar surface area (TPSA) is 28.2 Å². The fraction of sp³-hybridized carbons (Fsp3) is 0.417. The van der Waals surface area contributed by atoms with Crippen LogP contribution in [-0.4, -0.2) is 31.2 Å². The molecule has 3 rings (SSSR count). The van der Waals surface area contributed by atoms with Crippen LogP contribution in [0.25, 0.3) is 10.2 Å². The molecule has 2 aromatic rings. The molecular weight excluding hydrogens is 254 g/mol. The maximum atomic E-state index is 6.15. The second-order valence-corrected chi connectivity index (χ2v) is 5.59. The van der Waals surface area contributed by atoms with Crippen LogP contribution in [0.1, 0.15) is 6.42 Å². The molecular formula is C12H14ClN3S. The normalized spacial score (nSPS) is 17.4. The smallest absolute Gasteiger partial charge is 0.186 e. The minimum Gasteiger partial charge on any atom is -0.347 e. The highest BCUT2D eigenvalue weighted by Gasteiger charge is 2.14. The summed E-state index contributed by atoms with van der Waals surface area (Å²) in [5, 5.41) is 5.24. The summed E-state index contributed by atoms with van der Waals surface area (Å²) in [4.78, 5) is 7.01. The third kappa shape index (κ3) is 2.25. The number of para-hydroxylation sites is 1. The molecule has 90 valence electrons. The van der Waals surface area contributed by atoms with E-state index in [4.69, 9.17) is 11.6 Å². The first-order valence-electron chi connectivity index (χ1n) is 5.85. The number of anilines is 1. The van der Waals surface area contributed by atoms with E-state index in [-0.39, 0.29) is 0 Å². The van der Waals surface area contributed by atoms with Crippen molar-refractivity contribution >= 4 is 38.3 Å². The summed E-state index contributed by atoms with van der Waals surface area (Å²) < 4.78 is 1.17. The molecule has 2 heterocycles. The van der Waals surface area contributed by atoms with Gasteiger partial charge in [0.1, 0.15) is 5.52 Å². The van der Waals surface area contributed by atoms with Crippen LogP contribution in [0.4, 0.5) is 5.13 Å². The van der Waals surface area contributed by atoms with E-state index in [1.165, 1.54) is 11.1 Å². The summed E-state index contributed by atoms with van der Waals surface area (Å²) in [6.45, 7) is 4.23. The summed E-state index contributed by atoms with van der Waals surface area (Å²) in [7, 11) is 0. The molecule has 1 fully saturated rings. The van der Waals surface area contributed by atoms with E-state index in [9.17, 15) is 0 Å². The minimum absolute atomic E-state index is 0.748. The van der Waals surface area contributed by atoms with E-state index >= 15 is 0 Å². The van der Waals surface area contributed by atoms with Crippen molar-refractivity contribution in [2.24, 2.45) is 0 Å². The highest BCUT2D eigenvalue weighted by Crippen LogP contribution is 2.32. The second kappa shape index (κ2) is 4.80. The van der Waals surface area contributed by atoms with Crippen LogP contribution in [0.15, 0.2) is 18.2 Å². The van der Waals surface area contributed by atoms with E-state index in [2.05, 4.69) is 21.3 Å². The van der Waals surface area contributed by atoms with Crippen LogP contribution in [0.5, 0.6) is 0 Å². The molecule has 1 saturated heterocycles. The molecule has 0 bridgehead atoms. The quantitative estimate of drug-likeness (QED) is 0.861. The van der Waals surface area contributed by atoms with Gasteiger partial charge in [-0.2, -0.15) is 0 Å². The molecule has 5 heteroatoms. The predicted molar refractivity (Wildman–Crippen MR) is 74.3 cm³/mol. The average molecular weight is 268 g/mol. The van der Waals surface area contributed by atoms with Crippen molar-refractivity contribution in [1.82, 2.24) is 10.3 Å². The number of rotatable bonds is 1. The summed E-state index contributed by atoms with van der Waals surface area (Å²) in [6.07, 6.45) is 1.17. The van der Waals surface area contributed by atoms with Crippen LogP contribution >= 0.6 is 22.9 Å². The van der Waals surface area contributed by atoms with Crippen LogP contribution in [-0.2, 0) is 0 Å². The van der Waals surface area contributed by atoms with Crippen LogP contribution in [0.3, 0.4) is 0 Å². The molecule has 0 radical (unpaired) electrons. The Labute approximate surface area is 109 Å². The number of nitrogens with zero attached hydrogens (tertiary/aromatic N) is 2. The van der Waals surface area contributed by atoms with Gasteiger partial charge in [0.25, 0.3) is 0 Å². The first-order chi connectivity index (χ1) is 8.34. The Balaban J connectivity index is 1.96. The fourth-order valence-electron chi connectivity index (χ4n) is 2.08. The molecule has 17 heavy (non-hydrogen) atoms. The molecule has 1 aromatic heterocycles. The van der Waals surface area contributed by atoms with Gasteiger partial charge in [-0.05, 0) is 25.1 Å². The summed E-state index contributed by atoms with van der Waals surface area (Å²) in [6, 6.07) is 5.96. The van der Waals surface area contributed by atoms with Gasteiger partial charge in [-0.15, -0.1) is 0 Å². The standard InChI is InChI=1S/C12H14ClN3S/c13-9-3-1-4-10-11(9)15-12(17-10)16-7-2-5-14-6-8-16/h1,3-4,14H,2,5-8H2. The molecule has 1 aromatic carbocycles. The Morgan fingerprint density at radius 3 is 3.12 bits per heavy atom. The van der Waals surface area contributed by atoms with Gasteiger partial charge in [-0.3, -0.25) is 0 Å². The van der Waals surface area contributed by atoms with Crippen molar-refractivity contribution in [2.45, 2.75) is 6.42 Å². The molecule has 0 saturated carbocycles. The van der Waals surface area contributed by atoms with Gasteiger partial charge in [0.15, 0.2) is 5.13 Å². The molecule has 1 N–H and O–H groups in total. The van der Waals surface area contributed by atoms with Gasteiger partial charge in [0.2, 0.25) is 0 Å². The van der Waals surface area contributed by atoms with Crippen LogP contribution in [0.2, 0.25) is 5.02 Å². The number of thiazole rings is 1. The number of fused-ring (bicyclic) bond motifs is 1. The lowest BCUT2D eigenvalue weighted by molar-refractivity contribution is 0.724. The van der Waals surface area contributed by atoms with Crippen molar-refractivity contribution < 1.29 is 0 Å². The number of hydrogen-bond donors (Lipinski definition) is 1. The van der Waals surface area contributed by atoms with Crippen molar-refractivity contribution in [3.63, 3.8) is 0 Å². The van der Waals surface area contributed by atoms with Crippen molar-refractivity contribution in [3.05, 3.63) is 23.2 Å². The Kier molecular flexibility index (Phi) is 3.18. The summed E-state index contributed by atoms with van der Waals surface area (Å²) in [5.41, 5.74) is 0.936. The second-order valence-electron chi connectivity index (χ2n) is 4.17. The number of benzene rings is 1. The van der Waals surface area contributed by atoms with Gasteiger partial charge in [0, 0.05) is 19.6 Å². The van der Waals surface area contributed by atoms with Gasteiger partial charge in [-0.25, -0.2) is 4.98 Å². The maximum Gasteiger partial charge on any atom is 0.186 e. The zero-order valence-corrected chi connectivity index (χ0v) is 11.0. The molecule has 0 aliphatic carbocycles. The highest BCUT2D eigenvalue weighted by atomic mass is 35.5. The fourth-order valence-corrected chi connectivity index (χ4v) is 3.39. The summed E-state index contributed by atoms with van der Waals surface area (Å²) in [5.74, 6) is 0. The molecule has 0 spiro atoms. The SMILES string of the molecule is Clc1cccc2sc(N3CCCNCC3)nc12. The Bertz CT molecular complexity index is 517. The monoisotopic (exact) mass is 267 g/mol. The van der Waals surface area contributed by atoms with Gasteiger partial charge < -0.3 is 10.2 Å². The van der Waals surface area contributed by atoms with Gasteiger partial charge in [0.05, 0.1) is 9.72 Å². The molecule has 3 nitrogen and oxygen atoms in total. The number of aromatic nitrogens is 1. The Hall–Kier alpha value is -0.840. The van der Waals surface area contributed by atoms with Crippen molar-refractivity contribution in [2.75, 3.05) is 31.1 Å². The first kappa shape index (κ1) is 11.3. The number of halogens is 1. The number of hydrogen-bond acceptors (Lipinski definition) is 4. The van der Waals surface area contributed by atoms with E-state index in [0.717, 1.165) is 41.8 Å². The zero-order chi connectivity index (χ0) is 11.7. The third-order valence-corrected chi connectivity index (χ3v) is 4.36. The molecule has 1 aliphatic rings. The highest BCUT2D eigenvalue weighted by molar-refractivity contribution is 7.22. The maximum absolute atomic E-state index is 6.15. The lowest BCUT2D eigenvalue weighted by atomic mass is 10.3. The van der Waals surface area contributed by atoms with E-state index in [1.54, 1.807) is 11.3 Å². The summed E-state index contributed by atoms with van der Waals surface area (Å²) >= 11 is 7.88. The molecule has 0 atom stereocenters. The van der Waals surface area contributed by atoms with Crippen molar-refractivity contribution in [1.29, 1.82) is 0 Å². The van der Waals surface area contributed by atoms with E-state index < -0.39 is 0 Å². The molecule has 0 amide bonds.